The number of nitrogens with zero attached hydrogens (tertiary/aromatic N) is 2. The molecule has 0 bridgehead atoms. The number of rotatable bonds is 4. The highest BCUT2D eigenvalue weighted by Crippen LogP contribution is 2.25. The molecule has 0 N–H and O–H groups in total. The molecule has 3 heterocycles. The van der Waals surface area contributed by atoms with Crippen LogP contribution in [-0.2, 0) is 14.3 Å². The van der Waals surface area contributed by atoms with E-state index >= 15 is 0 Å². The Labute approximate surface area is 153 Å². The second kappa shape index (κ2) is 8.38. The van der Waals surface area contributed by atoms with E-state index in [0.29, 0.717) is 64.0 Å². The molecule has 2 aliphatic rings. The van der Waals surface area contributed by atoms with E-state index in [4.69, 9.17) is 9.15 Å². The Morgan fingerprint density at radius 2 is 1.65 bits per heavy atom. The Bertz CT molecular complexity index is 626. The standard InChI is InChI=1S/C19H26N2O5/c1-2-26-19(24)15-5-10-20(11-6-15)17(22)14-3-8-21(9-4-14)18(23)16-7-12-25-13-16/h7,12-15H,2-6,8-11H2,1H3. The predicted molar refractivity (Wildman–Crippen MR) is 93.3 cm³/mol. The van der Waals surface area contributed by atoms with Crippen LogP contribution in [0.5, 0.6) is 0 Å². The normalized spacial score (nSPS) is 19.4. The monoisotopic (exact) mass is 362 g/mol. The van der Waals surface area contributed by atoms with Crippen LogP contribution in [0, 0.1) is 11.8 Å². The van der Waals surface area contributed by atoms with Gasteiger partial charge in [0.2, 0.25) is 5.91 Å². The molecule has 1 aromatic heterocycles. The summed E-state index contributed by atoms with van der Waals surface area (Å²) >= 11 is 0. The Morgan fingerprint density at radius 3 is 2.23 bits per heavy atom. The molecule has 2 amide bonds. The first-order valence-corrected chi connectivity index (χ1v) is 9.37. The minimum absolute atomic E-state index is 0.0393. The summed E-state index contributed by atoms with van der Waals surface area (Å²) in [6, 6.07) is 1.66. The molecule has 0 saturated carbocycles. The molecule has 7 nitrogen and oxygen atoms in total. The van der Waals surface area contributed by atoms with E-state index in [0.717, 1.165) is 0 Å². The number of amides is 2. The molecule has 2 aliphatic heterocycles. The van der Waals surface area contributed by atoms with Crippen LogP contribution in [0.4, 0.5) is 0 Å². The molecule has 142 valence electrons. The molecule has 0 aromatic carbocycles. The zero-order valence-corrected chi connectivity index (χ0v) is 15.2. The van der Waals surface area contributed by atoms with Crippen molar-refractivity contribution in [2.24, 2.45) is 11.8 Å². The first-order chi connectivity index (χ1) is 12.6. The summed E-state index contributed by atoms with van der Waals surface area (Å²) < 4.78 is 10.0. The van der Waals surface area contributed by atoms with Crippen molar-refractivity contribution >= 4 is 17.8 Å². The molecule has 2 saturated heterocycles. The van der Waals surface area contributed by atoms with Crippen molar-refractivity contribution in [2.45, 2.75) is 32.6 Å². The number of esters is 1. The zero-order chi connectivity index (χ0) is 18.5. The second-order valence-corrected chi connectivity index (χ2v) is 6.93. The Hall–Kier alpha value is -2.31. The van der Waals surface area contributed by atoms with E-state index in [9.17, 15) is 14.4 Å². The topological polar surface area (TPSA) is 80.1 Å². The lowest BCUT2D eigenvalue weighted by Crippen LogP contribution is -2.47. The lowest BCUT2D eigenvalue weighted by atomic mass is 9.92. The van der Waals surface area contributed by atoms with Gasteiger partial charge in [0.25, 0.3) is 5.91 Å². The van der Waals surface area contributed by atoms with E-state index in [2.05, 4.69) is 0 Å². The van der Waals surface area contributed by atoms with Gasteiger partial charge in [-0.2, -0.15) is 0 Å². The highest BCUT2D eigenvalue weighted by atomic mass is 16.5. The predicted octanol–water partition coefficient (Wildman–Crippen LogP) is 1.93. The molecule has 7 heteroatoms. The van der Waals surface area contributed by atoms with Crippen LogP contribution in [-0.4, -0.2) is 60.4 Å². The van der Waals surface area contributed by atoms with Gasteiger partial charge in [-0.05, 0) is 38.7 Å². The third-order valence-corrected chi connectivity index (χ3v) is 5.33. The fraction of sp³-hybridized carbons (Fsp3) is 0.632. The molecule has 3 rings (SSSR count). The number of likely N-dealkylation sites (tertiary alicyclic amines) is 2. The van der Waals surface area contributed by atoms with Crippen molar-refractivity contribution in [3.05, 3.63) is 24.2 Å². The molecular weight excluding hydrogens is 336 g/mol. The second-order valence-electron chi connectivity index (χ2n) is 6.93. The summed E-state index contributed by atoms with van der Waals surface area (Å²) in [6.07, 6.45) is 5.64. The van der Waals surface area contributed by atoms with E-state index in [1.54, 1.807) is 17.9 Å². The van der Waals surface area contributed by atoms with Gasteiger partial charge < -0.3 is 19.0 Å². The number of furan rings is 1. The average Bonchev–Trinajstić information content (AvgIpc) is 3.22. The van der Waals surface area contributed by atoms with Crippen LogP contribution in [0.25, 0.3) is 0 Å². The van der Waals surface area contributed by atoms with Gasteiger partial charge in [-0.3, -0.25) is 14.4 Å². The van der Waals surface area contributed by atoms with Crippen LogP contribution in [0.3, 0.4) is 0 Å². The molecule has 0 unspecified atom stereocenters. The zero-order valence-electron chi connectivity index (χ0n) is 15.2. The van der Waals surface area contributed by atoms with Crippen LogP contribution >= 0.6 is 0 Å². The maximum absolute atomic E-state index is 12.8. The van der Waals surface area contributed by atoms with Gasteiger partial charge in [-0.25, -0.2) is 0 Å². The Kier molecular flexibility index (Phi) is 5.96. The molecular formula is C19H26N2O5. The molecule has 0 aliphatic carbocycles. The van der Waals surface area contributed by atoms with Crippen molar-refractivity contribution in [3.8, 4) is 0 Å². The smallest absolute Gasteiger partial charge is 0.309 e. The lowest BCUT2D eigenvalue weighted by Gasteiger charge is -2.36. The quantitative estimate of drug-likeness (QED) is 0.765. The third-order valence-electron chi connectivity index (χ3n) is 5.33. The largest absolute Gasteiger partial charge is 0.472 e. The Morgan fingerprint density at radius 1 is 1.04 bits per heavy atom. The number of piperidine rings is 2. The minimum atomic E-state index is -0.148. The summed E-state index contributed by atoms with van der Waals surface area (Å²) in [7, 11) is 0. The van der Waals surface area contributed by atoms with Crippen molar-refractivity contribution in [3.63, 3.8) is 0 Å². The van der Waals surface area contributed by atoms with E-state index < -0.39 is 0 Å². The van der Waals surface area contributed by atoms with Crippen LogP contribution < -0.4 is 0 Å². The number of hydrogen-bond donors (Lipinski definition) is 0. The Balaban J connectivity index is 1.46. The van der Waals surface area contributed by atoms with Crippen LogP contribution in [0.2, 0.25) is 0 Å². The highest BCUT2D eigenvalue weighted by molar-refractivity contribution is 5.94. The summed E-state index contributed by atoms with van der Waals surface area (Å²) in [5.41, 5.74) is 0.552. The first kappa shape index (κ1) is 18.5. The van der Waals surface area contributed by atoms with Crippen molar-refractivity contribution in [2.75, 3.05) is 32.8 Å². The average molecular weight is 362 g/mol. The van der Waals surface area contributed by atoms with Gasteiger partial charge in [-0.15, -0.1) is 0 Å². The molecule has 2 fully saturated rings. The maximum Gasteiger partial charge on any atom is 0.309 e. The SMILES string of the molecule is CCOC(=O)C1CCN(C(=O)C2CCN(C(=O)c3ccoc3)CC2)CC1. The number of ether oxygens (including phenoxy) is 1. The summed E-state index contributed by atoms with van der Waals surface area (Å²) in [5, 5.41) is 0. The van der Waals surface area contributed by atoms with E-state index in [1.165, 1.54) is 12.5 Å². The fourth-order valence-electron chi connectivity index (χ4n) is 3.75. The highest BCUT2D eigenvalue weighted by Gasteiger charge is 2.34. The van der Waals surface area contributed by atoms with Gasteiger partial charge in [0.05, 0.1) is 24.4 Å². The van der Waals surface area contributed by atoms with Gasteiger partial charge in [0.1, 0.15) is 6.26 Å². The molecule has 26 heavy (non-hydrogen) atoms. The summed E-state index contributed by atoms with van der Waals surface area (Å²) in [6.45, 7) is 4.58. The molecule has 0 spiro atoms. The van der Waals surface area contributed by atoms with Crippen molar-refractivity contribution < 1.29 is 23.5 Å². The van der Waals surface area contributed by atoms with Crippen molar-refractivity contribution in [1.82, 2.24) is 9.80 Å². The molecule has 0 atom stereocenters. The van der Waals surface area contributed by atoms with E-state index in [-0.39, 0.29) is 29.6 Å². The fourth-order valence-corrected chi connectivity index (χ4v) is 3.75. The third kappa shape index (κ3) is 4.08. The van der Waals surface area contributed by atoms with Gasteiger partial charge in [-0.1, -0.05) is 0 Å². The number of carbonyl (C=O) groups excluding carboxylic acids is 3. The molecule has 0 radical (unpaired) electrons. The minimum Gasteiger partial charge on any atom is -0.472 e. The number of hydrogen-bond acceptors (Lipinski definition) is 5. The maximum atomic E-state index is 12.8. The summed E-state index contributed by atoms with van der Waals surface area (Å²) in [4.78, 5) is 40.5. The van der Waals surface area contributed by atoms with Crippen LogP contribution in [0.15, 0.2) is 23.0 Å². The van der Waals surface area contributed by atoms with Gasteiger partial charge in [0, 0.05) is 32.1 Å². The summed E-state index contributed by atoms with van der Waals surface area (Å²) in [5.74, 6) is -0.163. The van der Waals surface area contributed by atoms with E-state index in [1.807, 2.05) is 4.90 Å². The molecule has 1 aromatic rings. The lowest BCUT2D eigenvalue weighted by molar-refractivity contribution is -0.152. The van der Waals surface area contributed by atoms with Gasteiger partial charge >= 0.3 is 5.97 Å². The first-order valence-electron chi connectivity index (χ1n) is 9.37. The van der Waals surface area contributed by atoms with Crippen molar-refractivity contribution in [1.29, 1.82) is 0 Å². The van der Waals surface area contributed by atoms with Gasteiger partial charge in [0.15, 0.2) is 0 Å². The number of carbonyl (C=O) groups is 3. The van der Waals surface area contributed by atoms with Crippen LogP contribution in [0.1, 0.15) is 43.0 Å².